The number of halogens is 3. The minimum absolute atomic E-state index is 0.0328. The summed E-state index contributed by atoms with van der Waals surface area (Å²) < 4.78 is 35.9. The Labute approximate surface area is 122 Å². The number of hydrogen-bond acceptors (Lipinski definition) is 4. The Kier molecular flexibility index (Phi) is 6.92. The van der Waals surface area contributed by atoms with E-state index in [0.717, 1.165) is 12.8 Å². The molecule has 1 amide bonds. The first kappa shape index (κ1) is 17.7. The third kappa shape index (κ3) is 6.78. The summed E-state index contributed by atoms with van der Waals surface area (Å²) in [6, 6.07) is 2.15. The summed E-state index contributed by atoms with van der Waals surface area (Å²) in [7, 11) is 0. The van der Waals surface area contributed by atoms with Crippen molar-refractivity contribution in [2.75, 3.05) is 39.3 Å². The van der Waals surface area contributed by atoms with Crippen LogP contribution in [-0.2, 0) is 4.79 Å². The molecule has 1 N–H and O–H groups in total. The summed E-state index contributed by atoms with van der Waals surface area (Å²) in [6.07, 6.45) is -2.64. The Morgan fingerprint density at radius 1 is 1.33 bits per heavy atom. The molecule has 5 nitrogen and oxygen atoms in total. The van der Waals surface area contributed by atoms with Crippen molar-refractivity contribution in [3.05, 3.63) is 0 Å². The van der Waals surface area contributed by atoms with E-state index >= 15 is 0 Å². The Balaban J connectivity index is 2.30. The molecule has 0 saturated carbocycles. The fourth-order valence-corrected chi connectivity index (χ4v) is 2.29. The molecule has 8 heteroatoms. The van der Waals surface area contributed by atoms with E-state index in [1.54, 1.807) is 0 Å². The fourth-order valence-electron chi connectivity index (χ4n) is 2.29. The van der Waals surface area contributed by atoms with Gasteiger partial charge in [0.1, 0.15) is 6.54 Å². The standard InChI is InChI=1S/C13H21F3N4O/c1-2-3-11(8-17)20-6-4-19(5-7-20)9-12(21)18-10-13(14,15)16/h11H,2-7,9-10H2,1H3,(H,18,21). The summed E-state index contributed by atoms with van der Waals surface area (Å²) in [5.41, 5.74) is 0. The van der Waals surface area contributed by atoms with E-state index in [1.165, 1.54) is 0 Å². The highest BCUT2D eigenvalue weighted by Gasteiger charge is 2.28. The molecule has 0 aromatic carbocycles. The molecule has 1 heterocycles. The smallest absolute Gasteiger partial charge is 0.346 e. The molecule has 0 bridgehead atoms. The Morgan fingerprint density at radius 2 is 1.95 bits per heavy atom. The fraction of sp³-hybridized carbons (Fsp3) is 0.846. The van der Waals surface area contributed by atoms with Crippen molar-refractivity contribution in [1.29, 1.82) is 5.26 Å². The lowest BCUT2D eigenvalue weighted by Crippen LogP contribution is -2.52. The van der Waals surface area contributed by atoms with Crippen LogP contribution in [-0.4, -0.2) is 67.2 Å². The molecule has 1 unspecified atom stereocenters. The zero-order chi connectivity index (χ0) is 15.9. The third-order valence-electron chi connectivity index (χ3n) is 3.41. The van der Waals surface area contributed by atoms with Crippen LogP contribution >= 0.6 is 0 Å². The van der Waals surface area contributed by atoms with Crippen molar-refractivity contribution in [3.63, 3.8) is 0 Å². The van der Waals surface area contributed by atoms with Gasteiger partial charge in [-0.3, -0.25) is 14.6 Å². The van der Waals surface area contributed by atoms with Gasteiger partial charge in [0.05, 0.1) is 18.7 Å². The maximum Gasteiger partial charge on any atom is 0.405 e. The third-order valence-corrected chi connectivity index (χ3v) is 3.41. The zero-order valence-corrected chi connectivity index (χ0v) is 12.1. The molecule has 21 heavy (non-hydrogen) atoms. The van der Waals surface area contributed by atoms with E-state index in [1.807, 2.05) is 17.1 Å². The second kappa shape index (κ2) is 8.20. The number of rotatable bonds is 6. The summed E-state index contributed by atoms with van der Waals surface area (Å²) in [5.74, 6) is -0.619. The summed E-state index contributed by atoms with van der Waals surface area (Å²) in [4.78, 5) is 15.3. The predicted molar refractivity (Wildman–Crippen MR) is 71.4 cm³/mol. The topological polar surface area (TPSA) is 59.4 Å². The first-order chi connectivity index (χ1) is 9.85. The van der Waals surface area contributed by atoms with Crippen molar-refractivity contribution in [3.8, 4) is 6.07 Å². The molecular weight excluding hydrogens is 285 g/mol. The molecule has 0 radical (unpaired) electrons. The Morgan fingerprint density at radius 3 is 2.43 bits per heavy atom. The summed E-state index contributed by atoms with van der Waals surface area (Å²) in [5, 5.41) is 11.0. The highest BCUT2D eigenvalue weighted by molar-refractivity contribution is 5.78. The van der Waals surface area contributed by atoms with Crippen LogP contribution in [0.5, 0.6) is 0 Å². The molecule has 1 saturated heterocycles. The largest absolute Gasteiger partial charge is 0.405 e. The quantitative estimate of drug-likeness (QED) is 0.794. The Hall–Kier alpha value is -1.33. The van der Waals surface area contributed by atoms with Crippen LogP contribution in [0.2, 0.25) is 0 Å². The molecule has 0 spiro atoms. The van der Waals surface area contributed by atoms with Crippen molar-refractivity contribution in [2.24, 2.45) is 0 Å². The highest BCUT2D eigenvalue weighted by atomic mass is 19.4. The van der Waals surface area contributed by atoms with Crippen LogP contribution in [0, 0.1) is 11.3 Å². The maximum atomic E-state index is 12.0. The van der Waals surface area contributed by atoms with Crippen LogP contribution in [0.4, 0.5) is 13.2 Å². The Bertz CT molecular complexity index is 373. The first-order valence-electron chi connectivity index (χ1n) is 7.05. The molecule has 0 aliphatic carbocycles. The van der Waals surface area contributed by atoms with Gasteiger partial charge in [0.15, 0.2) is 0 Å². The molecule has 0 aromatic rings. The van der Waals surface area contributed by atoms with Crippen LogP contribution < -0.4 is 5.32 Å². The number of nitrogens with zero attached hydrogens (tertiary/aromatic N) is 3. The maximum absolute atomic E-state index is 12.0. The van der Waals surface area contributed by atoms with Gasteiger partial charge in [-0.2, -0.15) is 18.4 Å². The average Bonchev–Trinajstić information content (AvgIpc) is 2.43. The van der Waals surface area contributed by atoms with Crippen molar-refractivity contribution in [1.82, 2.24) is 15.1 Å². The van der Waals surface area contributed by atoms with Gasteiger partial charge in [-0.15, -0.1) is 0 Å². The van der Waals surface area contributed by atoms with Crippen LogP contribution in [0.1, 0.15) is 19.8 Å². The first-order valence-corrected chi connectivity index (χ1v) is 7.05. The van der Waals surface area contributed by atoms with Gasteiger partial charge < -0.3 is 5.32 Å². The molecule has 1 aliphatic rings. The zero-order valence-electron chi connectivity index (χ0n) is 12.1. The molecule has 1 rings (SSSR count). The number of hydrogen-bond donors (Lipinski definition) is 1. The second-order valence-corrected chi connectivity index (χ2v) is 5.14. The number of nitriles is 1. The monoisotopic (exact) mass is 306 g/mol. The van der Waals surface area contributed by atoms with Gasteiger partial charge in [-0.05, 0) is 6.42 Å². The summed E-state index contributed by atoms with van der Waals surface area (Å²) >= 11 is 0. The van der Waals surface area contributed by atoms with Gasteiger partial charge in [0.2, 0.25) is 5.91 Å². The molecular formula is C13H21F3N4O. The van der Waals surface area contributed by atoms with Gasteiger partial charge >= 0.3 is 6.18 Å². The molecule has 1 atom stereocenters. The minimum Gasteiger partial charge on any atom is -0.346 e. The van der Waals surface area contributed by atoms with E-state index in [2.05, 4.69) is 11.0 Å². The van der Waals surface area contributed by atoms with Crippen LogP contribution in [0.15, 0.2) is 0 Å². The summed E-state index contributed by atoms with van der Waals surface area (Å²) in [6.45, 7) is 3.18. The lowest BCUT2D eigenvalue weighted by molar-refractivity contribution is -0.139. The number of piperazine rings is 1. The minimum atomic E-state index is -4.38. The predicted octanol–water partition coefficient (Wildman–Crippen LogP) is 0.975. The normalized spacial score (nSPS) is 19.0. The number of amides is 1. The lowest BCUT2D eigenvalue weighted by Gasteiger charge is -2.36. The van der Waals surface area contributed by atoms with E-state index in [4.69, 9.17) is 5.26 Å². The van der Waals surface area contributed by atoms with Crippen LogP contribution in [0.3, 0.4) is 0 Å². The molecule has 0 aromatic heterocycles. The van der Waals surface area contributed by atoms with Crippen molar-refractivity contribution in [2.45, 2.75) is 32.0 Å². The lowest BCUT2D eigenvalue weighted by atomic mass is 10.1. The molecule has 1 aliphatic heterocycles. The SMILES string of the molecule is CCCC(C#N)N1CCN(CC(=O)NCC(F)(F)F)CC1. The van der Waals surface area contributed by atoms with E-state index in [0.29, 0.717) is 26.2 Å². The second-order valence-electron chi connectivity index (χ2n) is 5.14. The van der Waals surface area contributed by atoms with E-state index < -0.39 is 18.6 Å². The van der Waals surface area contributed by atoms with Gasteiger partial charge in [-0.1, -0.05) is 13.3 Å². The van der Waals surface area contributed by atoms with E-state index in [9.17, 15) is 18.0 Å². The van der Waals surface area contributed by atoms with Crippen LogP contribution in [0.25, 0.3) is 0 Å². The van der Waals surface area contributed by atoms with Gasteiger partial charge in [-0.25, -0.2) is 0 Å². The molecule has 120 valence electrons. The highest BCUT2D eigenvalue weighted by Crippen LogP contribution is 2.12. The number of carbonyl (C=O) groups is 1. The van der Waals surface area contributed by atoms with Gasteiger partial charge in [0, 0.05) is 26.2 Å². The number of nitrogens with one attached hydrogen (secondary N) is 1. The molecule has 1 fully saturated rings. The average molecular weight is 306 g/mol. The number of alkyl halides is 3. The van der Waals surface area contributed by atoms with Crippen molar-refractivity contribution >= 4 is 5.91 Å². The van der Waals surface area contributed by atoms with E-state index in [-0.39, 0.29) is 12.6 Å². The number of carbonyl (C=O) groups excluding carboxylic acids is 1. The van der Waals surface area contributed by atoms with Gasteiger partial charge in [0.25, 0.3) is 0 Å². The van der Waals surface area contributed by atoms with Crippen molar-refractivity contribution < 1.29 is 18.0 Å².